The molecular weight excluding hydrogens is 370 g/mol. The molecule has 0 saturated carbocycles. The van der Waals surface area contributed by atoms with Crippen LogP contribution in [0.15, 0.2) is 52.5 Å². The molecule has 2 rings (SSSR count). The third-order valence-electron chi connectivity index (χ3n) is 3.33. The van der Waals surface area contributed by atoms with Gasteiger partial charge in [-0.2, -0.15) is 15.6 Å². The highest BCUT2D eigenvalue weighted by molar-refractivity contribution is 7.92. The predicted molar refractivity (Wildman–Crippen MR) is 99.1 cm³/mol. The second-order valence-electron chi connectivity index (χ2n) is 4.99. The monoisotopic (exact) mass is 385 g/mol. The summed E-state index contributed by atoms with van der Waals surface area (Å²) in [5.41, 5.74) is 2.83. The van der Waals surface area contributed by atoms with E-state index in [0.717, 1.165) is 0 Å². The standard InChI is InChI=1S/C17H15N5O4S/c1-25-14-5-8-16(17(9-14)26-2)22-27(23,24)15-6-3-12(4-7-15)20-21-13(10-18)11-19/h3-9,20,22H,1-2H3. The number of rotatable bonds is 7. The topological polar surface area (TPSA) is 137 Å². The van der Waals surface area contributed by atoms with Gasteiger partial charge in [0, 0.05) is 6.07 Å². The SMILES string of the molecule is COc1ccc(NS(=O)(=O)c2ccc(NN=C(C#N)C#N)cc2)c(OC)c1. The van der Waals surface area contributed by atoms with Gasteiger partial charge in [0.1, 0.15) is 23.6 Å². The summed E-state index contributed by atoms with van der Waals surface area (Å²) >= 11 is 0. The Morgan fingerprint density at radius 3 is 2.26 bits per heavy atom. The Labute approximate surface area is 156 Å². The van der Waals surface area contributed by atoms with Crippen molar-refractivity contribution in [2.45, 2.75) is 4.90 Å². The summed E-state index contributed by atoms with van der Waals surface area (Å²) < 4.78 is 37.8. The minimum absolute atomic E-state index is 0.00990. The number of methoxy groups -OCH3 is 2. The van der Waals surface area contributed by atoms with Crippen LogP contribution in [-0.2, 0) is 10.0 Å². The van der Waals surface area contributed by atoms with Crippen molar-refractivity contribution >= 4 is 27.1 Å². The van der Waals surface area contributed by atoms with Crippen LogP contribution in [0.25, 0.3) is 0 Å². The van der Waals surface area contributed by atoms with Gasteiger partial charge in [-0.05, 0) is 36.4 Å². The molecule has 0 radical (unpaired) electrons. The Balaban J connectivity index is 2.22. The van der Waals surface area contributed by atoms with Crippen molar-refractivity contribution in [3.8, 4) is 23.6 Å². The third kappa shape index (κ3) is 4.87. The van der Waals surface area contributed by atoms with Gasteiger partial charge in [-0.15, -0.1) is 0 Å². The maximum absolute atomic E-state index is 12.6. The van der Waals surface area contributed by atoms with Crippen LogP contribution in [0, 0.1) is 22.7 Å². The van der Waals surface area contributed by atoms with E-state index in [1.165, 1.54) is 44.6 Å². The molecule has 138 valence electrons. The molecule has 2 aromatic rings. The zero-order valence-electron chi connectivity index (χ0n) is 14.4. The van der Waals surface area contributed by atoms with Crippen molar-refractivity contribution in [1.29, 1.82) is 10.5 Å². The van der Waals surface area contributed by atoms with Crippen LogP contribution in [0.2, 0.25) is 0 Å². The lowest BCUT2D eigenvalue weighted by molar-refractivity contribution is 0.395. The Morgan fingerprint density at radius 1 is 1.04 bits per heavy atom. The first-order chi connectivity index (χ1) is 12.9. The molecule has 0 fully saturated rings. The molecule has 2 aromatic carbocycles. The highest BCUT2D eigenvalue weighted by atomic mass is 32.2. The number of nitrogens with one attached hydrogen (secondary N) is 2. The quantitative estimate of drug-likeness (QED) is 0.551. The minimum atomic E-state index is -3.86. The summed E-state index contributed by atoms with van der Waals surface area (Å²) in [4.78, 5) is 0.00990. The second-order valence-corrected chi connectivity index (χ2v) is 6.67. The van der Waals surface area contributed by atoms with Gasteiger partial charge >= 0.3 is 0 Å². The fraction of sp³-hybridized carbons (Fsp3) is 0.118. The molecule has 0 aliphatic heterocycles. The Morgan fingerprint density at radius 2 is 1.70 bits per heavy atom. The second kappa shape index (κ2) is 8.56. The molecule has 0 saturated heterocycles. The summed E-state index contributed by atoms with van der Waals surface area (Å²) in [6.45, 7) is 0. The smallest absolute Gasteiger partial charge is 0.262 e. The number of anilines is 2. The molecule has 2 N–H and O–H groups in total. The average molecular weight is 385 g/mol. The van der Waals surface area contributed by atoms with Crippen molar-refractivity contribution in [1.82, 2.24) is 0 Å². The molecule has 0 aromatic heterocycles. The maximum Gasteiger partial charge on any atom is 0.262 e. The molecule has 0 aliphatic rings. The van der Waals surface area contributed by atoms with E-state index in [1.54, 1.807) is 24.3 Å². The fourth-order valence-corrected chi connectivity index (χ4v) is 3.06. The van der Waals surface area contributed by atoms with Crippen molar-refractivity contribution in [2.75, 3.05) is 24.4 Å². The number of sulfonamides is 1. The number of hydrogen-bond donors (Lipinski definition) is 2. The zero-order valence-corrected chi connectivity index (χ0v) is 15.2. The number of hydrogen-bond acceptors (Lipinski definition) is 8. The van der Waals surface area contributed by atoms with E-state index in [-0.39, 0.29) is 16.3 Å². The summed E-state index contributed by atoms with van der Waals surface area (Å²) in [5, 5.41) is 20.8. The predicted octanol–water partition coefficient (Wildman–Crippen LogP) is 2.32. The molecule has 0 unspecified atom stereocenters. The lowest BCUT2D eigenvalue weighted by Gasteiger charge is -2.13. The van der Waals surface area contributed by atoms with Gasteiger partial charge in [-0.1, -0.05) is 0 Å². The van der Waals surface area contributed by atoms with E-state index in [4.69, 9.17) is 20.0 Å². The molecule has 10 heteroatoms. The van der Waals surface area contributed by atoms with Crippen LogP contribution >= 0.6 is 0 Å². The van der Waals surface area contributed by atoms with Crippen molar-refractivity contribution in [3.05, 3.63) is 42.5 Å². The first-order valence-electron chi connectivity index (χ1n) is 7.42. The molecule has 0 heterocycles. The maximum atomic E-state index is 12.6. The van der Waals surface area contributed by atoms with Gasteiger partial charge in [0.15, 0.2) is 0 Å². The van der Waals surface area contributed by atoms with Crippen LogP contribution in [0.3, 0.4) is 0 Å². The van der Waals surface area contributed by atoms with Crippen LogP contribution < -0.4 is 19.6 Å². The van der Waals surface area contributed by atoms with Gasteiger partial charge in [0.05, 0.1) is 30.5 Å². The average Bonchev–Trinajstić information content (AvgIpc) is 2.69. The number of benzene rings is 2. The lowest BCUT2D eigenvalue weighted by atomic mass is 10.3. The van der Waals surface area contributed by atoms with Gasteiger partial charge < -0.3 is 9.47 Å². The van der Waals surface area contributed by atoms with E-state index >= 15 is 0 Å². The molecule has 0 atom stereocenters. The van der Waals surface area contributed by atoms with Gasteiger partial charge in [0.25, 0.3) is 10.0 Å². The highest BCUT2D eigenvalue weighted by Gasteiger charge is 2.17. The minimum Gasteiger partial charge on any atom is -0.497 e. The lowest BCUT2D eigenvalue weighted by Crippen LogP contribution is -2.13. The third-order valence-corrected chi connectivity index (χ3v) is 4.71. The summed E-state index contributed by atoms with van der Waals surface area (Å²) in [5.74, 6) is 0.839. The van der Waals surface area contributed by atoms with Crippen molar-refractivity contribution < 1.29 is 17.9 Å². The van der Waals surface area contributed by atoms with Crippen LogP contribution in [0.5, 0.6) is 11.5 Å². The van der Waals surface area contributed by atoms with E-state index in [9.17, 15) is 8.42 Å². The molecule has 0 aliphatic carbocycles. The Kier molecular flexibility index (Phi) is 6.20. The van der Waals surface area contributed by atoms with Crippen LogP contribution in [0.1, 0.15) is 0 Å². The van der Waals surface area contributed by atoms with E-state index in [1.807, 2.05) is 0 Å². The zero-order chi connectivity index (χ0) is 19.9. The molecule has 27 heavy (non-hydrogen) atoms. The van der Waals surface area contributed by atoms with E-state index in [2.05, 4.69) is 15.2 Å². The molecular formula is C17H15N5O4S. The summed E-state index contributed by atoms with van der Waals surface area (Å²) in [6, 6.07) is 13.5. The Hall–Kier alpha value is -3.76. The largest absolute Gasteiger partial charge is 0.497 e. The highest BCUT2D eigenvalue weighted by Crippen LogP contribution is 2.31. The van der Waals surface area contributed by atoms with Gasteiger partial charge in [-0.3, -0.25) is 10.1 Å². The molecule has 9 nitrogen and oxygen atoms in total. The normalized spacial score (nSPS) is 10.1. The number of nitrogens with zero attached hydrogens (tertiary/aromatic N) is 3. The summed E-state index contributed by atoms with van der Waals surface area (Å²) in [6.07, 6.45) is 0. The van der Waals surface area contributed by atoms with Crippen LogP contribution in [-0.4, -0.2) is 28.3 Å². The van der Waals surface area contributed by atoms with E-state index in [0.29, 0.717) is 17.2 Å². The molecule has 0 amide bonds. The fourth-order valence-electron chi connectivity index (χ4n) is 1.99. The first kappa shape index (κ1) is 19.6. The number of hydrazone groups is 1. The number of ether oxygens (including phenoxy) is 2. The summed E-state index contributed by atoms with van der Waals surface area (Å²) in [7, 11) is -0.947. The van der Waals surface area contributed by atoms with Crippen LogP contribution in [0.4, 0.5) is 11.4 Å². The molecule has 0 spiro atoms. The van der Waals surface area contributed by atoms with Gasteiger partial charge in [-0.25, -0.2) is 8.42 Å². The molecule has 0 bridgehead atoms. The Bertz CT molecular complexity index is 1020. The van der Waals surface area contributed by atoms with Crippen molar-refractivity contribution in [2.24, 2.45) is 5.10 Å². The van der Waals surface area contributed by atoms with E-state index < -0.39 is 10.0 Å². The first-order valence-corrected chi connectivity index (χ1v) is 8.90. The van der Waals surface area contributed by atoms with Gasteiger partial charge in [0.2, 0.25) is 5.71 Å². The van der Waals surface area contributed by atoms with Crippen molar-refractivity contribution in [3.63, 3.8) is 0 Å². The number of nitriles is 2.